The van der Waals surface area contributed by atoms with E-state index < -0.39 is 0 Å². The SMILES string of the molecule is CC1CN(CC2(CS)CC2)C(C)CO1. The van der Waals surface area contributed by atoms with Crippen LogP contribution in [0.3, 0.4) is 0 Å². The van der Waals surface area contributed by atoms with Gasteiger partial charge in [0.2, 0.25) is 0 Å². The molecule has 2 atom stereocenters. The maximum absolute atomic E-state index is 5.63. The van der Waals surface area contributed by atoms with Gasteiger partial charge in [-0.25, -0.2) is 0 Å². The second-order valence-electron chi connectivity index (χ2n) is 5.08. The molecular weight excluding hydrogens is 194 g/mol. The molecule has 2 nitrogen and oxygen atoms in total. The zero-order chi connectivity index (χ0) is 10.2. The van der Waals surface area contributed by atoms with Crippen LogP contribution in [0.2, 0.25) is 0 Å². The number of nitrogens with zero attached hydrogens (tertiary/aromatic N) is 1. The van der Waals surface area contributed by atoms with Crippen LogP contribution in [0.1, 0.15) is 26.7 Å². The van der Waals surface area contributed by atoms with E-state index in [1.165, 1.54) is 19.4 Å². The predicted octanol–water partition coefficient (Wildman–Crippen LogP) is 1.81. The van der Waals surface area contributed by atoms with Gasteiger partial charge in [-0.3, -0.25) is 4.90 Å². The summed E-state index contributed by atoms with van der Waals surface area (Å²) < 4.78 is 5.63. The van der Waals surface area contributed by atoms with Crippen LogP contribution < -0.4 is 0 Å². The van der Waals surface area contributed by atoms with Gasteiger partial charge in [0, 0.05) is 19.1 Å². The Morgan fingerprint density at radius 2 is 2.14 bits per heavy atom. The fourth-order valence-electron chi connectivity index (χ4n) is 2.17. The fraction of sp³-hybridized carbons (Fsp3) is 1.00. The van der Waals surface area contributed by atoms with E-state index >= 15 is 0 Å². The van der Waals surface area contributed by atoms with Crippen LogP contribution in [0.4, 0.5) is 0 Å². The molecule has 3 heteroatoms. The molecular formula is C11H21NOS. The smallest absolute Gasteiger partial charge is 0.0674 e. The number of morpholine rings is 1. The van der Waals surface area contributed by atoms with E-state index in [4.69, 9.17) is 4.74 Å². The van der Waals surface area contributed by atoms with Gasteiger partial charge in [-0.15, -0.1) is 0 Å². The Morgan fingerprint density at radius 1 is 1.43 bits per heavy atom. The van der Waals surface area contributed by atoms with Crippen LogP contribution in [0.15, 0.2) is 0 Å². The van der Waals surface area contributed by atoms with Gasteiger partial charge in [-0.2, -0.15) is 12.6 Å². The van der Waals surface area contributed by atoms with Gasteiger partial charge in [0.05, 0.1) is 12.7 Å². The molecule has 1 heterocycles. The summed E-state index contributed by atoms with van der Waals surface area (Å²) in [6.45, 7) is 7.64. The van der Waals surface area contributed by atoms with E-state index in [-0.39, 0.29) is 0 Å². The summed E-state index contributed by atoms with van der Waals surface area (Å²) in [5.74, 6) is 1.05. The van der Waals surface area contributed by atoms with Crippen molar-refractivity contribution >= 4 is 12.6 Å². The second kappa shape index (κ2) is 4.03. The number of hydrogen-bond donors (Lipinski definition) is 1. The van der Waals surface area contributed by atoms with Crippen LogP contribution in [-0.4, -0.2) is 42.5 Å². The Balaban J connectivity index is 1.89. The van der Waals surface area contributed by atoms with Crippen molar-refractivity contribution in [1.29, 1.82) is 0 Å². The van der Waals surface area contributed by atoms with E-state index in [1.54, 1.807) is 0 Å². The molecule has 2 rings (SSSR count). The minimum absolute atomic E-state index is 0.405. The molecule has 1 aliphatic heterocycles. The van der Waals surface area contributed by atoms with Gasteiger partial charge < -0.3 is 4.74 Å². The highest BCUT2D eigenvalue weighted by atomic mass is 32.1. The van der Waals surface area contributed by atoms with Crippen LogP contribution in [-0.2, 0) is 4.74 Å². The summed E-state index contributed by atoms with van der Waals surface area (Å²) in [7, 11) is 0. The lowest BCUT2D eigenvalue weighted by molar-refractivity contribution is -0.0546. The first kappa shape index (κ1) is 10.8. The summed E-state index contributed by atoms with van der Waals surface area (Å²) in [5, 5.41) is 0. The first-order valence-corrected chi connectivity index (χ1v) is 6.25. The van der Waals surface area contributed by atoms with Gasteiger partial charge in [-0.05, 0) is 37.9 Å². The van der Waals surface area contributed by atoms with E-state index in [9.17, 15) is 0 Å². The lowest BCUT2D eigenvalue weighted by Crippen LogP contribution is -2.49. The quantitative estimate of drug-likeness (QED) is 0.721. The lowest BCUT2D eigenvalue weighted by atomic mass is 10.1. The van der Waals surface area contributed by atoms with Crippen molar-refractivity contribution < 1.29 is 4.74 Å². The van der Waals surface area contributed by atoms with Crippen molar-refractivity contribution in [2.75, 3.05) is 25.4 Å². The molecule has 2 aliphatic rings. The summed E-state index contributed by atoms with van der Waals surface area (Å²) >= 11 is 4.46. The molecule has 1 saturated heterocycles. The third-order valence-corrected chi connectivity index (χ3v) is 4.24. The molecule has 2 unspecified atom stereocenters. The Bertz CT molecular complexity index is 205. The number of hydrogen-bond acceptors (Lipinski definition) is 3. The molecule has 0 bridgehead atoms. The van der Waals surface area contributed by atoms with Gasteiger partial charge in [-0.1, -0.05) is 0 Å². The van der Waals surface area contributed by atoms with Crippen molar-refractivity contribution in [3.63, 3.8) is 0 Å². The summed E-state index contributed by atoms with van der Waals surface area (Å²) in [6, 6.07) is 0.587. The Morgan fingerprint density at radius 3 is 2.71 bits per heavy atom. The molecule has 2 fully saturated rings. The third kappa shape index (κ3) is 2.26. The average Bonchev–Trinajstić information content (AvgIpc) is 2.92. The topological polar surface area (TPSA) is 12.5 Å². The summed E-state index contributed by atoms with van der Waals surface area (Å²) in [4.78, 5) is 2.58. The second-order valence-corrected chi connectivity index (χ2v) is 5.40. The van der Waals surface area contributed by atoms with Crippen molar-refractivity contribution in [3.05, 3.63) is 0 Å². The van der Waals surface area contributed by atoms with Gasteiger partial charge in [0.25, 0.3) is 0 Å². The average molecular weight is 215 g/mol. The van der Waals surface area contributed by atoms with Crippen molar-refractivity contribution in [3.8, 4) is 0 Å². The molecule has 0 amide bonds. The van der Waals surface area contributed by atoms with E-state index in [2.05, 4.69) is 31.4 Å². The van der Waals surface area contributed by atoms with Gasteiger partial charge >= 0.3 is 0 Å². The van der Waals surface area contributed by atoms with Crippen LogP contribution in [0.25, 0.3) is 0 Å². The predicted molar refractivity (Wildman–Crippen MR) is 62.0 cm³/mol. The van der Waals surface area contributed by atoms with Crippen molar-refractivity contribution in [2.45, 2.75) is 38.8 Å². The maximum Gasteiger partial charge on any atom is 0.0674 e. The van der Waals surface area contributed by atoms with Crippen LogP contribution in [0.5, 0.6) is 0 Å². The molecule has 0 N–H and O–H groups in total. The molecule has 82 valence electrons. The molecule has 0 aromatic rings. The molecule has 14 heavy (non-hydrogen) atoms. The zero-order valence-electron chi connectivity index (χ0n) is 9.20. The molecule has 0 spiro atoms. The van der Waals surface area contributed by atoms with Crippen molar-refractivity contribution in [1.82, 2.24) is 4.90 Å². The maximum atomic E-state index is 5.63. The normalized spacial score (nSPS) is 37.1. The highest BCUT2D eigenvalue weighted by Crippen LogP contribution is 2.47. The monoisotopic (exact) mass is 215 g/mol. The first-order chi connectivity index (χ1) is 6.65. The van der Waals surface area contributed by atoms with E-state index in [0.717, 1.165) is 18.9 Å². The molecule has 0 aromatic heterocycles. The van der Waals surface area contributed by atoms with Crippen LogP contribution in [0, 0.1) is 5.41 Å². The largest absolute Gasteiger partial charge is 0.376 e. The lowest BCUT2D eigenvalue weighted by Gasteiger charge is -2.38. The fourth-order valence-corrected chi connectivity index (χ4v) is 2.58. The molecule has 0 aromatic carbocycles. The number of ether oxygens (including phenoxy) is 1. The van der Waals surface area contributed by atoms with Gasteiger partial charge in [0.1, 0.15) is 0 Å². The Hall–Kier alpha value is 0.270. The van der Waals surface area contributed by atoms with Gasteiger partial charge in [0.15, 0.2) is 0 Å². The number of rotatable bonds is 3. The summed E-state index contributed by atoms with van der Waals surface area (Å²) in [5.41, 5.74) is 0.550. The Labute approximate surface area is 92.4 Å². The zero-order valence-corrected chi connectivity index (χ0v) is 10.1. The molecule has 0 radical (unpaired) electrons. The first-order valence-electron chi connectivity index (χ1n) is 5.62. The van der Waals surface area contributed by atoms with E-state index in [0.29, 0.717) is 17.6 Å². The minimum Gasteiger partial charge on any atom is -0.376 e. The van der Waals surface area contributed by atoms with Crippen LogP contribution >= 0.6 is 12.6 Å². The van der Waals surface area contributed by atoms with E-state index in [1.807, 2.05) is 0 Å². The minimum atomic E-state index is 0.405. The molecule has 1 saturated carbocycles. The highest BCUT2D eigenvalue weighted by molar-refractivity contribution is 7.80. The Kier molecular flexibility index (Phi) is 3.10. The third-order valence-electron chi connectivity index (χ3n) is 3.57. The number of thiol groups is 1. The summed E-state index contributed by atoms with van der Waals surface area (Å²) in [6.07, 6.45) is 3.14. The molecule has 1 aliphatic carbocycles. The van der Waals surface area contributed by atoms with Crippen molar-refractivity contribution in [2.24, 2.45) is 5.41 Å². The standard InChI is InChI=1S/C11H21NOS/c1-9-6-13-10(2)5-12(9)7-11(8-14)3-4-11/h9-10,14H,3-8H2,1-2H3. The highest BCUT2D eigenvalue weighted by Gasteiger charge is 2.43.